The Hall–Kier alpha value is -4.45. The molecule has 9 nitrogen and oxygen atoms in total. The Labute approximate surface area is 177 Å². The van der Waals surface area contributed by atoms with Crippen LogP contribution in [0.2, 0.25) is 0 Å². The lowest BCUT2D eigenvalue weighted by Crippen LogP contribution is -2.36. The summed E-state index contributed by atoms with van der Waals surface area (Å²) >= 11 is 0. The molecule has 0 N–H and O–H groups in total. The van der Waals surface area contributed by atoms with Crippen molar-refractivity contribution in [1.82, 2.24) is 4.90 Å². The van der Waals surface area contributed by atoms with Gasteiger partial charge in [0.15, 0.2) is 11.5 Å². The molecule has 3 rings (SSSR count). The van der Waals surface area contributed by atoms with E-state index in [1.807, 2.05) is 0 Å². The molecule has 2 aromatic carbocycles. The number of ether oxygens (including phenoxy) is 3. The average molecular weight is 420 g/mol. The predicted octanol–water partition coefficient (Wildman–Crippen LogP) is 1.98. The molecule has 2 aromatic rings. The van der Waals surface area contributed by atoms with Crippen molar-refractivity contribution >= 4 is 29.8 Å². The largest absolute Gasteiger partial charge is 0.493 e. The summed E-state index contributed by atoms with van der Waals surface area (Å²) in [7, 11) is 2.50. The van der Waals surface area contributed by atoms with E-state index in [4.69, 9.17) is 14.7 Å². The fourth-order valence-electron chi connectivity index (χ4n) is 2.94. The van der Waals surface area contributed by atoms with Crippen LogP contribution in [-0.4, -0.2) is 49.4 Å². The van der Waals surface area contributed by atoms with Crippen molar-refractivity contribution in [2.45, 2.75) is 0 Å². The van der Waals surface area contributed by atoms with E-state index < -0.39 is 30.3 Å². The Balaban J connectivity index is 1.76. The van der Waals surface area contributed by atoms with Crippen LogP contribution in [0, 0.1) is 11.3 Å². The maximum absolute atomic E-state index is 12.4. The third-order valence-electron chi connectivity index (χ3n) is 4.41. The summed E-state index contributed by atoms with van der Waals surface area (Å²) < 4.78 is 15.0. The lowest BCUT2D eigenvalue weighted by Gasteiger charge is -2.14. The second kappa shape index (κ2) is 8.92. The molecule has 1 heterocycles. The minimum absolute atomic E-state index is 0.0397. The first-order valence-corrected chi connectivity index (χ1v) is 8.93. The average Bonchev–Trinajstić information content (AvgIpc) is 3.02. The number of carbonyl (C=O) groups excluding carboxylic acids is 4. The molecule has 0 radical (unpaired) electrons. The van der Waals surface area contributed by atoms with Gasteiger partial charge in [0.05, 0.1) is 25.3 Å². The van der Waals surface area contributed by atoms with Crippen molar-refractivity contribution in [1.29, 1.82) is 5.26 Å². The number of amides is 2. The maximum Gasteiger partial charge on any atom is 0.348 e. The van der Waals surface area contributed by atoms with Crippen LogP contribution >= 0.6 is 0 Å². The molecule has 1 aliphatic rings. The molecule has 31 heavy (non-hydrogen) atoms. The number of hydrogen-bond donors (Lipinski definition) is 0. The Morgan fingerprint density at radius 1 is 1.03 bits per heavy atom. The first-order chi connectivity index (χ1) is 14.9. The summed E-state index contributed by atoms with van der Waals surface area (Å²) in [5, 5.41) is 9.05. The Kier molecular flexibility index (Phi) is 6.12. The highest BCUT2D eigenvalue weighted by Crippen LogP contribution is 2.30. The molecule has 0 spiro atoms. The van der Waals surface area contributed by atoms with Gasteiger partial charge in [0.2, 0.25) is 0 Å². The van der Waals surface area contributed by atoms with Gasteiger partial charge in [0.1, 0.15) is 18.2 Å². The van der Waals surface area contributed by atoms with E-state index in [1.165, 1.54) is 43.5 Å². The third-order valence-corrected chi connectivity index (χ3v) is 4.41. The highest BCUT2D eigenvalue weighted by atomic mass is 16.6. The molecular formula is C22H16N2O7. The van der Waals surface area contributed by atoms with Crippen molar-refractivity contribution in [2.24, 2.45) is 0 Å². The standard InChI is InChI=1S/C22H16N2O7/c1-29-18-10-13(9-14(11-23)22(28)30-2)7-8-17(18)31-19(25)12-24-20(26)15-5-3-4-6-16(15)21(24)27/h3-10H,12H2,1-2H3. The van der Waals surface area contributed by atoms with E-state index in [1.54, 1.807) is 18.2 Å². The van der Waals surface area contributed by atoms with Gasteiger partial charge in [-0.3, -0.25) is 14.5 Å². The number of nitriles is 1. The molecule has 0 unspecified atom stereocenters. The second-order valence-corrected chi connectivity index (χ2v) is 6.29. The smallest absolute Gasteiger partial charge is 0.348 e. The third kappa shape index (κ3) is 4.28. The molecule has 9 heteroatoms. The van der Waals surface area contributed by atoms with Gasteiger partial charge in [0, 0.05) is 0 Å². The van der Waals surface area contributed by atoms with E-state index in [9.17, 15) is 19.2 Å². The zero-order valence-corrected chi connectivity index (χ0v) is 16.6. The van der Waals surface area contributed by atoms with Crippen molar-refractivity contribution in [3.8, 4) is 17.6 Å². The van der Waals surface area contributed by atoms with Gasteiger partial charge < -0.3 is 14.2 Å². The van der Waals surface area contributed by atoms with Crippen molar-refractivity contribution < 1.29 is 33.4 Å². The molecule has 0 aliphatic carbocycles. The van der Waals surface area contributed by atoms with Crippen molar-refractivity contribution in [3.63, 3.8) is 0 Å². The zero-order valence-electron chi connectivity index (χ0n) is 16.6. The van der Waals surface area contributed by atoms with E-state index >= 15 is 0 Å². The SMILES string of the molecule is COC(=O)C(C#N)=Cc1ccc(OC(=O)CN2C(=O)c3ccccc3C2=O)c(OC)c1. The Morgan fingerprint density at radius 2 is 1.68 bits per heavy atom. The maximum atomic E-state index is 12.4. The van der Waals surface area contributed by atoms with Crippen LogP contribution in [0.1, 0.15) is 26.3 Å². The molecule has 0 saturated carbocycles. The monoisotopic (exact) mass is 420 g/mol. The number of fused-ring (bicyclic) bond motifs is 1. The number of rotatable bonds is 6. The van der Waals surface area contributed by atoms with E-state index in [-0.39, 0.29) is 28.2 Å². The summed E-state index contributed by atoms with van der Waals surface area (Å²) in [4.78, 5) is 49.5. The quantitative estimate of drug-likeness (QED) is 0.229. The molecule has 0 atom stereocenters. The topological polar surface area (TPSA) is 123 Å². The number of esters is 2. The molecule has 0 saturated heterocycles. The van der Waals surface area contributed by atoms with Crippen LogP contribution in [0.3, 0.4) is 0 Å². The summed E-state index contributed by atoms with van der Waals surface area (Å²) in [6, 6.07) is 12.4. The summed E-state index contributed by atoms with van der Waals surface area (Å²) in [6.45, 7) is -0.571. The van der Waals surface area contributed by atoms with Gasteiger partial charge in [-0.15, -0.1) is 0 Å². The number of carbonyl (C=O) groups is 4. The number of nitrogens with zero attached hydrogens (tertiary/aromatic N) is 2. The van der Waals surface area contributed by atoms with E-state index in [2.05, 4.69) is 4.74 Å². The normalized spacial score (nSPS) is 12.8. The Morgan fingerprint density at radius 3 is 2.23 bits per heavy atom. The molecule has 1 aliphatic heterocycles. The summed E-state index contributed by atoms with van der Waals surface area (Å²) in [5.74, 6) is -2.60. The molecule has 0 aromatic heterocycles. The highest BCUT2D eigenvalue weighted by Gasteiger charge is 2.36. The lowest BCUT2D eigenvalue weighted by molar-refractivity contribution is -0.136. The van der Waals surface area contributed by atoms with Crippen LogP contribution in [-0.2, 0) is 14.3 Å². The zero-order chi connectivity index (χ0) is 22.5. The second-order valence-electron chi connectivity index (χ2n) is 6.29. The van der Waals surface area contributed by atoms with Gasteiger partial charge in [-0.1, -0.05) is 18.2 Å². The molecule has 0 fully saturated rings. The van der Waals surface area contributed by atoms with Crippen molar-refractivity contribution in [3.05, 3.63) is 64.7 Å². The summed E-state index contributed by atoms with van der Waals surface area (Å²) in [5.41, 5.74) is 0.666. The summed E-state index contributed by atoms with van der Waals surface area (Å²) in [6.07, 6.45) is 1.29. The minimum Gasteiger partial charge on any atom is -0.493 e. The number of methoxy groups -OCH3 is 2. The predicted molar refractivity (Wildman–Crippen MR) is 106 cm³/mol. The lowest BCUT2D eigenvalue weighted by atomic mass is 10.1. The van der Waals surface area contributed by atoms with Crippen molar-refractivity contribution in [2.75, 3.05) is 20.8 Å². The number of benzene rings is 2. The van der Waals surface area contributed by atoms with Crippen LogP contribution < -0.4 is 9.47 Å². The van der Waals surface area contributed by atoms with Gasteiger partial charge in [0.25, 0.3) is 11.8 Å². The van der Waals surface area contributed by atoms with E-state index in [0.29, 0.717) is 5.56 Å². The number of hydrogen-bond acceptors (Lipinski definition) is 8. The highest BCUT2D eigenvalue weighted by molar-refractivity contribution is 6.22. The van der Waals surface area contributed by atoms with Gasteiger partial charge in [-0.05, 0) is 35.9 Å². The van der Waals surface area contributed by atoms with E-state index in [0.717, 1.165) is 12.0 Å². The van der Waals surface area contributed by atoms with Crippen LogP contribution in [0.25, 0.3) is 6.08 Å². The molecule has 156 valence electrons. The van der Waals surface area contributed by atoms with Gasteiger partial charge in [-0.2, -0.15) is 5.26 Å². The fourth-order valence-corrected chi connectivity index (χ4v) is 2.94. The minimum atomic E-state index is -0.844. The first-order valence-electron chi connectivity index (χ1n) is 8.93. The van der Waals surface area contributed by atoms with Crippen LogP contribution in [0.4, 0.5) is 0 Å². The van der Waals surface area contributed by atoms with Gasteiger partial charge in [-0.25, -0.2) is 9.59 Å². The van der Waals surface area contributed by atoms with Gasteiger partial charge >= 0.3 is 11.9 Å². The fraction of sp³-hybridized carbons (Fsp3) is 0.136. The first kappa shape index (κ1) is 21.3. The van der Waals surface area contributed by atoms with Crippen LogP contribution in [0.5, 0.6) is 11.5 Å². The number of imide groups is 1. The van der Waals surface area contributed by atoms with Crippen LogP contribution in [0.15, 0.2) is 48.0 Å². The molecular weight excluding hydrogens is 404 g/mol. The molecule has 0 bridgehead atoms. The Bertz CT molecular complexity index is 1130. The molecule has 2 amide bonds.